The number of unbranched alkanes of at least 4 members (excludes halogenated alkanes) is 5. The number of ether oxygens (including phenoxy) is 2. The summed E-state index contributed by atoms with van der Waals surface area (Å²) >= 11 is 0. The molecule has 0 aliphatic heterocycles. The van der Waals surface area contributed by atoms with Gasteiger partial charge in [-0.1, -0.05) is 100 Å². The fourth-order valence-corrected chi connectivity index (χ4v) is 5.08. The molecule has 2 aromatic rings. The van der Waals surface area contributed by atoms with Gasteiger partial charge in [0.05, 0.1) is 13.0 Å². The molecule has 0 fully saturated rings. The molecule has 0 aromatic heterocycles. The van der Waals surface area contributed by atoms with Crippen LogP contribution in [0.3, 0.4) is 0 Å². The molecular weight excluding hydrogens is 582 g/mol. The maximum absolute atomic E-state index is 14.6. The second kappa shape index (κ2) is 20.1. The van der Waals surface area contributed by atoms with Crippen molar-refractivity contribution in [3.8, 4) is 0 Å². The smallest absolute Gasteiger partial charge is 0.408 e. The monoisotopic (exact) mass is 635 g/mol. The Kier molecular flexibility index (Phi) is 16.6. The van der Waals surface area contributed by atoms with E-state index in [9.17, 15) is 19.2 Å². The zero-order valence-corrected chi connectivity index (χ0v) is 28.3. The van der Waals surface area contributed by atoms with Crippen LogP contribution in [0.2, 0.25) is 0 Å². The molecule has 9 heteroatoms. The van der Waals surface area contributed by atoms with Gasteiger partial charge >= 0.3 is 12.1 Å². The summed E-state index contributed by atoms with van der Waals surface area (Å²) in [5.74, 6) is -1.25. The predicted molar refractivity (Wildman–Crippen MR) is 182 cm³/mol. The average Bonchev–Trinajstić information content (AvgIpc) is 3.01. The highest BCUT2D eigenvalue weighted by molar-refractivity contribution is 5.92. The van der Waals surface area contributed by atoms with Gasteiger partial charge in [-0.3, -0.25) is 14.4 Å². The summed E-state index contributed by atoms with van der Waals surface area (Å²) in [6, 6.07) is 14.7. The fraction of sp³-hybridized carbons (Fsp3) is 0.514. The van der Waals surface area contributed by atoms with Crippen LogP contribution in [-0.4, -0.2) is 60.1 Å². The van der Waals surface area contributed by atoms with E-state index < -0.39 is 41.6 Å². The molecule has 2 atom stereocenters. The minimum Gasteiger partial charge on any atom is -0.466 e. The molecule has 252 valence electrons. The van der Waals surface area contributed by atoms with E-state index in [2.05, 4.69) is 24.1 Å². The van der Waals surface area contributed by atoms with Gasteiger partial charge in [-0.25, -0.2) is 4.79 Å². The normalized spacial score (nSPS) is 12.4. The van der Waals surface area contributed by atoms with Crippen molar-refractivity contribution in [3.63, 3.8) is 0 Å². The molecule has 0 saturated heterocycles. The van der Waals surface area contributed by atoms with E-state index in [0.29, 0.717) is 18.5 Å². The lowest BCUT2D eigenvalue weighted by Crippen LogP contribution is -2.54. The number of rotatable bonds is 19. The van der Waals surface area contributed by atoms with Crippen molar-refractivity contribution >= 4 is 30.0 Å². The molecule has 2 aromatic carbocycles. The summed E-state index contributed by atoms with van der Waals surface area (Å²) in [4.78, 5) is 55.2. The molecule has 0 aliphatic carbocycles. The first-order valence-electron chi connectivity index (χ1n) is 16.5. The maximum Gasteiger partial charge on any atom is 0.408 e. The second-order valence-corrected chi connectivity index (χ2v) is 12.3. The third-order valence-corrected chi connectivity index (χ3v) is 7.26. The minimum atomic E-state index is -1.02. The van der Waals surface area contributed by atoms with Gasteiger partial charge in [-0.15, -0.1) is 0 Å². The van der Waals surface area contributed by atoms with E-state index in [1.165, 1.54) is 0 Å². The summed E-state index contributed by atoms with van der Waals surface area (Å²) in [6.45, 7) is 13.6. The largest absolute Gasteiger partial charge is 0.466 e. The van der Waals surface area contributed by atoms with Crippen molar-refractivity contribution < 1.29 is 28.7 Å². The number of esters is 1. The number of hydrogen-bond acceptors (Lipinski definition) is 6. The molecule has 0 bridgehead atoms. The van der Waals surface area contributed by atoms with Crippen LogP contribution in [0.5, 0.6) is 0 Å². The van der Waals surface area contributed by atoms with Crippen LogP contribution in [0.25, 0.3) is 6.08 Å². The highest BCUT2D eigenvalue weighted by atomic mass is 16.6. The van der Waals surface area contributed by atoms with Crippen LogP contribution < -0.4 is 10.6 Å². The van der Waals surface area contributed by atoms with Crippen molar-refractivity contribution in [1.29, 1.82) is 0 Å². The summed E-state index contributed by atoms with van der Waals surface area (Å²) in [5.41, 5.74) is 1.47. The molecule has 9 nitrogen and oxygen atoms in total. The van der Waals surface area contributed by atoms with Gasteiger partial charge in [0.15, 0.2) is 0 Å². The van der Waals surface area contributed by atoms with Crippen molar-refractivity contribution in [2.75, 3.05) is 19.7 Å². The van der Waals surface area contributed by atoms with Crippen molar-refractivity contribution in [2.24, 2.45) is 0 Å². The molecule has 0 heterocycles. The van der Waals surface area contributed by atoms with Gasteiger partial charge in [0.1, 0.15) is 17.7 Å². The minimum absolute atomic E-state index is 0.00119. The summed E-state index contributed by atoms with van der Waals surface area (Å²) in [6.07, 6.45) is 7.10. The molecule has 46 heavy (non-hydrogen) atoms. The molecule has 2 unspecified atom stereocenters. The average molecular weight is 636 g/mol. The molecule has 2 rings (SSSR count). The topological polar surface area (TPSA) is 114 Å². The summed E-state index contributed by atoms with van der Waals surface area (Å²) < 4.78 is 10.6. The number of amides is 3. The lowest BCUT2D eigenvalue weighted by Gasteiger charge is -2.35. The Bertz CT molecular complexity index is 1260. The number of hydrogen-bond donors (Lipinski definition) is 2. The number of nitrogens with zero attached hydrogens (tertiary/aromatic N) is 1. The Morgan fingerprint density at radius 1 is 0.935 bits per heavy atom. The first-order valence-corrected chi connectivity index (χ1v) is 16.5. The van der Waals surface area contributed by atoms with Gasteiger partial charge in [-0.05, 0) is 56.9 Å². The molecule has 0 aliphatic rings. The van der Waals surface area contributed by atoms with Gasteiger partial charge in [-0.2, -0.15) is 0 Å². The highest BCUT2D eigenvalue weighted by Crippen LogP contribution is 2.26. The molecule has 0 saturated carbocycles. The number of benzene rings is 2. The second-order valence-electron chi connectivity index (χ2n) is 12.3. The van der Waals surface area contributed by atoms with Gasteiger partial charge < -0.3 is 25.0 Å². The molecule has 0 radical (unpaired) electrons. The highest BCUT2D eigenvalue weighted by Gasteiger charge is 2.36. The van der Waals surface area contributed by atoms with Gasteiger partial charge in [0.2, 0.25) is 11.8 Å². The van der Waals surface area contributed by atoms with Crippen molar-refractivity contribution in [1.82, 2.24) is 15.5 Å². The first-order chi connectivity index (χ1) is 22.0. The summed E-state index contributed by atoms with van der Waals surface area (Å²) in [5, 5.41) is 5.65. The van der Waals surface area contributed by atoms with E-state index in [1.807, 2.05) is 48.5 Å². The predicted octanol–water partition coefficient (Wildman–Crippen LogP) is 6.77. The molecule has 0 spiro atoms. The lowest BCUT2D eigenvalue weighted by molar-refractivity contribution is -0.144. The summed E-state index contributed by atoms with van der Waals surface area (Å²) in [7, 11) is 0. The zero-order valence-electron chi connectivity index (χ0n) is 28.3. The molecule has 2 N–H and O–H groups in total. The van der Waals surface area contributed by atoms with Crippen LogP contribution in [0, 0.1) is 0 Å². The quantitative estimate of drug-likeness (QED) is 0.130. The van der Waals surface area contributed by atoms with Crippen LogP contribution in [0.1, 0.15) is 102 Å². The van der Waals surface area contributed by atoms with E-state index in [0.717, 1.165) is 43.2 Å². The van der Waals surface area contributed by atoms with Crippen LogP contribution >= 0.6 is 0 Å². The van der Waals surface area contributed by atoms with E-state index in [1.54, 1.807) is 44.7 Å². The number of carbonyl (C=O) groups excluding carboxylic acids is 4. The zero-order chi connectivity index (χ0) is 34.0. The third-order valence-electron chi connectivity index (χ3n) is 7.26. The van der Waals surface area contributed by atoms with Crippen LogP contribution in [0.15, 0.2) is 61.2 Å². The van der Waals surface area contributed by atoms with Crippen molar-refractivity contribution in [2.45, 2.75) is 104 Å². The van der Waals surface area contributed by atoms with E-state index in [-0.39, 0.29) is 26.0 Å². The molecular formula is C37H53N3O6. The standard InChI is InChI=1S/C37H53N3O6/c1-7-10-11-12-13-17-25-40(35(43)31(27-29-19-15-14-16-20-29)39-36(44)46-37(4,5)6)33(30-22-18-21-28(8-2)26-30)34(42)38-24-23-32(41)45-9-3/h8,14-16,18-22,26,31,33H,2,7,9-13,17,23-25,27H2,1,3-6H3,(H,38,42)(H,39,44). The fourth-order valence-electron chi connectivity index (χ4n) is 5.08. The Balaban J connectivity index is 2.53. The third kappa shape index (κ3) is 13.9. The SMILES string of the molecule is C=Cc1cccc(C(C(=O)NCCC(=O)OCC)N(CCCCCCCC)C(=O)C(Cc2ccccc2)NC(=O)OC(C)(C)C)c1. The lowest BCUT2D eigenvalue weighted by atomic mass is 9.98. The van der Waals surface area contributed by atoms with Crippen molar-refractivity contribution in [3.05, 3.63) is 77.9 Å². The first kappa shape index (κ1) is 38.0. The van der Waals surface area contributed by atoms with Crippen LogP contribution in [0.4, 0.5) is 4.79 Å². The Labute approximate surface area is 275 Å². The van der Waals surface area contributed by atoms with Crippen LogP contribution in [-0.2, 0) is 30.3 Å². The number of carbonyl (C=O) groups is 4. The number of nitrogens with one attached hydrogen (secondary N) is 2. The molecule has 3 amide bonds. The van der Waals surface area contributed by atoms with Gasteiger partial charge in [0, 0.05) is 19.5 Å². The van der Waals surface area contributed by atoms with E-state index >= 15 is 0 Å². The van der Waals surface area contributed by atoms with E-state index in [4.69, 9.17) is 9.47 Å². The Morgan fingerprint density at radius 3 is 2.28 bits per heavy atom. The van der Waals surface area contributed by atoms with Gasteiger partial charge in [0.25, 0.3) is 0 Å². The number of alkyl carbamates (subject to hydrolysis) is 1. The Morgan fingerprint density at radius 2 is 1.63 bits per heavy atom. The Hall–Kier alpha value is -4.14. The maximum atomic E-state index is 14.6.